The number of benzene rings is 1. The van der Waals surface area contributed by atoms with Crippen molar-refractivity contribution in [2.24, 2.45) is 10.7 Å². The molecule has 0 aliphatic carbocycles. The Hall–Kier alpha value is -4.28. The number of aromatic amines is 1. The third-order valence-corrected chi connectivity index (χ3v) is 4.69. The van der Waals surface area contributed by atoms with Crippen molar-refractivity contribution in [3.05, 3.63) is 59.9 Å². The SMILES string of the molecule is NC1=NC2C(C=CCN2C(=O)Oc2ccccc2)N1.Nc1nc2c([nH]1)C=CCNC2=O. The van der Waals surface area contributed by atoms with Crippen LogP contribution in [0.1, 0.15) is 16.2 Å². The van der Waals surface area contributed by atoms with Crippen LogP contribution >= 0.6 is 0 Å². The second kappa shape index (κ2) is 8.61. The van der Waals surface area contributed by atoms with E-state index in [4.69, 9.17) is 16.2 Å². The number of nitrogens with zero attached hydrogens (tertiary/aromatic N) is 3. The van der Waals surface area contributed by atoms with Gasteiger partial charge in [0.1, 0.15) is 5.75 Å². The molecule has 0 spiro atoms. The molecule has 4 heterocycles. The van der Waals surface area contributed by atoms with E-state index in [1.54, 1.807) is 23.1 Å². The lowest BCUT2D eigenvalue weighted by atomic mass is 10.1. The minimum Gasteiger partial charge on any atom is -0.410 e. The minimum absolute atomic E-state index is 0.0722. The lowest BCUT2D eigenvalue weighted by molar-refractivity contribution is 0.0954. The summed E-state index contributed by atoms with van der Waals surface area (Å²) in [7, 11) is 0. The first-order chi connectivity index (χ1) is 15.0. The largest absolute Gasteiger partial charge is 0.417 e. The number of imidazole rings is 1. The van der Waals surface area contributed by atoms with Crippen molar-refractivity contribution in [1.29, 1.82) is 0 Å². The van der Waals surface area contributed by atoms with Gasteiger partial charge in [-0.05, 0) is 18.2 Å². The fraction of sp³-hybridized carbons (Fsp3) is 0.200. The van der Waals surface area contributed by atoms with Crippen molar-refractivity contribution in [1.82, 2.24) is 25.5 Å². The Kier molecular flexibility index (Phi) is 5.56. The number of fused-ring (bicyclic) bond motifs is 2. The van der Waals surface area contributed by atoms with Crippen molar-refractivity contribution in [3.8, 4) is 5.75 Å². The number of carbonyl (C=O) groups is 2. The zero-order valence-corrected chi connectivity index (χ0v) is 16.5. The molecular formula is C20H22N8O3. The Balaban J connectivity index is 0.000000166. The number of ether oxygens (including phenoxy) is 1. The number of nitrogens with two attached hydrogens (primary N) is 2. The number of anilines is 1. The first-order valence-electron chi connectivity index (χ1n) is 9.61. The van der Waals surface area contributed by atoms with Gasteiger partial charge < -0.3 is 31.8 Å². The van der Waals surface area contributed by atoms with Crippen molar-refractivity contribution in [2.45, 2.75) is 12.2 Å². The van der Waals surface area contributed by atoms with Crippen LogP contribution in [0.4, 0.5) is 10.7 Å². The smallest absolute Gasteiger partial charge is 0.410 e. The van der Waals surface area contributed by atoms with Gasteiger partial charge in [-0.15, -0.1) is 0 Å². The Morgan fingerprint density at radius 2 is 2.00 bits per heavy atom. The summed E-state index contributed by atoms with van der Waals surface area (Å²) >= 11 is 0. The molecule has 0 fully saturated rings. The maximum Gasteiger partial charge on any atom is 0.417 e. The molecule has 11 nitrogen and oxygen atoms in total. The van der Waals surface area contributed by atoms with E-state index in [0.717, 1.165) is 0 Å². The summed E-state index contributed by atoms with van der Waals surface area (Å²) in [5.41, 5.74) is 12.1. The average molecular weight is 422 g/mol. The zero-order chi connectivity index (χ0) is 21.8. The number of para-hydroxylation sites is 1. The molecule has 0 saturated heterocycles. The summed E-state index contributed by atoms with van der Waals surface area (Å²) < 4.78 is 5.31. The molecule has 0 saturated carbocycles. The standard InChI is InChI=1S/C13H14N4O2.C7H8N4O/c14-12-15-10-7-4-8-17(11(10)16-12)13(18)19-9-5-2-1-3-6-9;8-7-10-4-2-1-3-9-6(12)5(4)11-7/h1-7,10-11H,8H2,(H3,14,15,16);1-2H,3H2,(H,9,12)(H3,8,10,11). The van der Waals surface area contributed by atoms with E-state index in [1.165, 1.54) is 0 Å². The monoisotopic (exact) mass is 422 g/mol. The Bertz CT molecular complexity index is 1060. The van der Waals surface area contributed by atoms with Gasteiger partial charge in [-0.1, -0.05) is 36.4 Å². The predicted octanol–water partition coefficient (Wildman–Crippen LogP) is 0.418. The molecule has 5 rings (SSSR count). The Labute approximate surface area is 177 Å². The van der Waals surface area contributed by atoms with Gasteiger partial charge in [0, 0.05) is 13.1 Å². The second-order valence-electron chi connectivity index (χ2n) is 6.86. The summed E-state index contributed by atoms with van der Waals surface area (Å²) in [5.74, 6) is 0.935. The van der Waals surface area contributed by atoms with Crippen LogP contribution in [0.5, 0.6) is 5.75 Å². The van der Waals surface area contributed by atoms with Gasteiger partial charge in [0.2, 0.25) is 0 Å². The van der Waals surface area contributed by atoms with Crippen LogP contribution in [0.15, 0.2) is 53.6 Å². The topological polar surface area (TPSA) is 164 Å². The third kappa shape index (κ3) is 4.50. The number of carbonyl (C=O) groups excluding carboxylic acids is 2. The number of amides is 2. The average Bonchev–Trinajstić information content (AvgIpc) is 3.28. The number of H-pyrrole nitrogens is 1. The highest BCUT2D eigenvalue weighted by Gasteiger charge is 2.36. The number of hydrogen-bond donors (Lipinski definition) is 5. The first kappa shape index (κ1) is 20.0. The fourth-order valence-corrected chi connectivity index (χ4v) is 3.29. The summed E-state index contributed by atoms with van der Waals surface area (Å²) in [4.78, 5) is 35.8. The molecule has 2 atom stereocenters. The fourth-order valence-electron chi connectivity index (χ4n) is 3.29. The van der Waals surface area contributed by atoms with Crippen LogP contribution in [-0.4, -0.2) is 58.1 Å². The number of guanidine groups is 1. The lowest BCUT2D eigenvalue weighted by Gasteiger charge is -2.30. The summed E-state index contributed by atoms with van der Waals surface area (Å²) in [5, 5.41) is 5.65. The molecule has 2 unspecified atom stereocenters. The van der Waals surface area contributed by atoms with Gasteiger partial charge >= 0.3 is 6.09 Å². The van der Waals surface area contributed by atoms with Crippen molar-refractivity contribution in [3.63, 3.8) is 0 Å². The quantitative estimate of drug-likeness (QED) is 0.416. The number of hydrogen-bond acceptors (Lipinski definition) is 8. The summed E-state index contributed by atoms with van der Waals surface area (Å²) in [6.07, 6.45) is 6.72. The molecule has 0 radical (unpaired) electrons. The molecule has 7 N–H and O–H groups in total. The number of aromatic nitrogens is 2. The molecule has 2 amide bonds. The predicted molar refractivity (Wildman–Crippen MR) is 115 cm³/mol. The van der Waals surface area contributed by atoms with Gasteiger partial charge in [0.15, 0.2) is 23.8 Å². The van der Waals surface area contributed by atoms with E-state index < -0.39 is 6.09 Å². The summed E-state index contributed by atoms with van der Waals surface area (Å²) in [6.45, 7) is 0.994. The van der Waals surface area contributed by atoms with E-state index in [0.29, 0.717) is 36.2 Å². The van der Waals surface area contributed by atoms with E-state index in [-0.39, 0.29) is 24.1 Å². The normalized spacial score (nSPS) is 20.8. The molecule has 3 aliphatic heterocycles. The van der Waals surface area contributed by atoms with Crippen molar-refractivity contribution < 1.29 is 14.3 Å². The molecule has 1 aromatic carbocycles. The molecular weight excluding hydrogens is 400 g/mol. The molecule has 11 heteroatoms. The van der Waals surface area contributed by atoms with Crippen LogP contribution in [-0.2, 0) is 0 Å². The summed E-state index contributed by atoms with van der Waals surface area (Å²) in [6, 6.07) is 8.89. The Morgan fingerprint density at radius 1 is 1.19 bits per heavy atom. The highest BCUT2D eigenvalue weighted by molar-refractivity contribution is 5.96. The molecule has 2 aromatic rings. The van der Waals surface area contributed by atoms with Crippen molar-refractivity contribution >= 4 is 30.0 Å². The van der Waals surface area contributed by atoms with Crippen LogP contribution in [0, 0.1) is 0 Å². The van der Waals surface area contributed by atoms with Gasteiger partial charge in [-0.25, -0.2) is 14.8 Å². The van der Waals surface area contributed by atoms with Crippen LogP contribution in [0.25, 0.3) is 6.08 Å². The number of aliphatic imine (C=N–C) groups is 1. The van der Waals surface area contributed by atoms with Gasteiger partial charge in [0.05, 0.1) is 11.7 Å². The van der Waals surface area contributed by atoms with Crippen LogP contribution in [0.3, 0.4) is 0 Å². The molecule has 160 valence electrons. The number of nitrogens with one attached hydrogen (secondary N) is 3. The maximum absolute atomic E-state index is 12.1. The maximum atomic E-state index is 12.1. The molecule has 3 aliphatic rings. The highest BCUT2D eigenvalue weighted by Crippen LogP contribution is 2.19. The van der Waals surface area contributed by atoms with Gasteiger partial charge in [-0.3, -0.25) is 9.69 Å². The van der Waals surface area contributed by atoms with Gasteiger partial charge in [0.25, 0.3) is 5.91 Å². The Morgan fingerprint density at radius 3 is 2.81 bits per heavy atom. The number of nitrogen functional groups attached to an aromatic ring is 1. The van der Waals surface area contributed by atoms with E-state index in [9.17, 15) is 9.59 Å². The van der Waals surface area contributed by atoms with E-state index in [2.05, 4.69) is 25.6 Å². The molecule has 31 heavy (non-hydrogen) atoms. The number of rotatable bonds is 1. The first-order valence-corrected chi connectivity index (χ1v) is 9.61. The van der Waals surface area contributed by atoms with Crippen LogP contribution < -0.4 is 26.8 Å². The van der Waals surface area contributed by atoms with E-state index in [1.807, 2.05) is 36.4 Å². The highest BCUT2D eigenvalue weighted by atomic mass is 16.6. The zero-order valence-electron chi connectivity index (χ0n) is 16.5. The van der Waals surface area contributed by atoms with Crippen molar-refractivity contribution in [2.75, 3.05) is 18.8 Å². The third-order valence-electron chi connectivity index (χ3n) is 4.69. The van der Waals surface area contributed by atoms with Gasteiger partial charge in [-0.2, -0.15) is 0 Å². The van der Waals surface area contributed by atoms with Crippen LogP contribution in [0.2, 0.25) is 0 Å². The second-order valence-corrected chi connectivity index (χ2v) is 6.86. The minimum atomic E-state index is -0.425. The molecule has 1 aromatic heterocycles. The lowest BCUT2D eigenvalue weighted by Crippen LogP contribution is -2.50. The van der Waals surface area contributed by atoms with E-state index >= 15 is 0 Å². The molecule has 0 bridgehead atoms.